The number of carbonyl (C=O) groups is 2. The van der Waals surface area contributed by atoms with E-state index in [2.05, 4.69) is 5.32 Å². The number of benzene rings is 3. The summed E-state index contributed by atoms with van der Waals surface area (Å²) in [5.74, 6) is -0.373. The number of rotatable bonds is 7. The highest BCUT2D eigenvalue weighted by Crippen LogP contribution is 2.38. The number of para-hydroxylation sites is 2. The first kappa shape index (κ1) is 21.6. The second-order valence-corrected chi connectivity index (χ2v) is 7.02. The Morgan fingerprint density at radius 3 is 2.48 bits per heavy atom. The zero-order valence-electron chi connectivity index (χ0n) is 17.4. The van der Waals surface area contributed by atoms with Crippen LogP contribution in [0.25, 0.3) is 0 Å². The van der Waals surface area contributed by atoms with Gasteiger partial charge in [-0.2, -0.15) is 0 Å². The molecule has 1 amide bonds. The molecular weight excluding hydrogens is 432 g/mol. The Bertz CT molecular complexity index is 1220. The predicted molar refractivity (Wildman–Crippen MR) is 116 cm³/mol. The first-order chi connectivity index (χ1) is 15.9. The average molecular weight is 450 g/mol. The number of hydrogen-bond donors (Lipinski definition) is 1. The lowest BCUT2D eigenvalue weighted by Crippen LogP contribution is -2.21. The smallest absolute Gasteiger partial charge is 0.345 e. The fourth-order valence-electron chi connectivity index (χ4n) is 3.03. The largest absolute Gasteiger partial charge is 0.455 e. The van der Waals surface area contributed by atoms with E-state index in [1.54, 1.807) is 36.4 Å². The van der Waals surface area contributed by atoms with Crippen LogP contribution in [0.4, 0.5) is 11.4 Å². The highest BCUT2D eigenvalue weighted by atomic mass is 16.7. The fourth-order valence-corrected chi connectivity index (χ4v) is 3.03. The number of nitro groups is 1. The summed E-state index contributed by atoms with van der Waals surface area (Å²) in [6.45, 7) is 1.18. The third-order valence-corrected chi connectivity index (χ3v) is 4.65. The monoisotopic (exact) mass is 450 g/mol. The van der Waals surface area contributed by atoms with E-state index < -0.39 is 29.1 Å². The number of esters is 1. The van der Waals surface area contributed by atoms with E-state index in [-0.39, 0.29) is 23.9 Å². The van der Waals surface area contributed by atoms with Crippen molar-refractivity contribution < 1.29 is 33.5 Å². The molecule has 0 atom stereocenters. The summed E-state index contributed by atoms with van der Waals surface area (Å²) < 4.78 is 21.1. The molecule has 4 rings (SSSR count). The molecule has 0 unspecified atom stereocenters. The van der Waals surface area contributed by atoms with Crippen LogP contribution in [-0.4, -0.2) is 30.2 Å². The number of ether oxygens (including phenoxy) is 4. The quantitative estimate of drug-likeness (QED) is 0.322. The van der Waals surface area contributed by atoms with Crippen LogP contribution in [-0.2, 0) is 9.53 Å². The van der Waals surface area contributed by atoms with Crippen LogP contribution in [0.5, 0.6) is 23.0 Å². The number of nitrogens with zero attached hydrogens (tertiary/aromatic N) is 1. The van der Waals surface area contributed by atoms with Crippen molar-refractivity contribution in [1.29, 1.82) is 0 Å². The molecule has 0 bridgehead atoms. The fraction of sp³-hybridized carbons (Fsp3) is 0.130. The third-order valence-electron chi connectivity index (χ3n) is 4.65. The molecular formula is C23H18N2O8. The Hall–Kier alpha value is -4.60. The Labute approximate surface area is 187 Å². The molecule has 3 aromatic carbocycles. The number of amides is 1. The molecule has 3 aromatic rings. The number of nitro benzene ring substituents is 1. The summed E-state index contributed by atoms with van der Waals surface area (Å²) in [6.07, 6.45) is 0. The van der Waals surface area contributed by atoms with Gasteiger partial charge >= 0.3 is 5.97 Å². The van der Waals surface area contributed by atoms with Gasteiger partial charge in [0.15, 0.2) is 23.9 Å². The van der Waals surface area contributed by atoms with Crippen molar-refractivity contribution >= 4 is 23.3 Å². The number of anilines is 1. The molecule has 0 spiro atoms. The van der Waals surface area contributed by atoms with Gasteiger partial charge in [-0.05, 0) is 31.2 Å². The Balaban J connectivity index is 1.42. The Kier molecular flexibility index (Phi) is 6.07. The minimum Gasteiger partial charge on any atom is -0.455 e. The highest BCUT2D eigenvalue weighted by Gasteiger charge is 2.28. The maximum Gasteiger partial charge on any atom is 0.345 e. The van der Waals surface area contributed by atoms with E-state index in [9.17, 15) is 19.7 Å². The molecule has 0 saturated heterocycles. The van der Waals surface area contributed by atoms with E-state index in [1.165, 1.54) is 0 Å². The maximum atomic E-state index is 12.4. The number of hydrogen-bond acceptors (Lipinski definition) is 8. The van der Waals surface area contributed by atoms with E-state index in [1.807, 2.05) is 19.1 Å². The van der Waals surface area contributed by atoms with E-state index >= 15 is 0 Å². The minimum absolute atomic E-state index is 0.114. The van der Waals surface area contributed by atoms with Crippen molar-refractivity contribution in [3.63, 3.8) is 0 Å². The normalized spacial score (nSPS) is 11.5. The number of nitrogens with one attached hydrogen (secondary N) is 1. The number of fused-ring (bicyclic) bond motifs is 1. The topological polar surface area (TPSA) is 126 Å². The molecule has 0 aromatic heterocycles. The van der Waals surface area contributed by atoms with Crippen molar-refractivity contribution in [3.8, 4) is 23.0 Å². The molecule has 33 heavy (non-hydrogen) atoms. The summed E-state index contributed by atoms with van der Waals surface area (Å²) >= 11 is 0. The molecule has 1 aliphatic heterocycles. The van der Waals surface area contributed by atoms with Gasteiger partial charge in [0.25, 0.3) is 11.6 Å². The maximum absolute atomic E-state index is 12.4. The summed E-state index contributed by atoms with van der Waals surface area (Å²) in [5.41, 5.74) is 0.586. The van der Waals surface area contributed by atoms with Crippen molar-refractivity contribution in [1.82, 2.24) is 0 Å². The molecule has 168 valence electrons. The number of carbonyl (C=O) groups excluding carboxylic acids is 2. The van der Waals surface area contributed by atoms with E-state index in [0.717, 1.165) is 17.7 Å². The summed E-state index contributed by atoms with van der Waals surface area (Å²) in [6, 6.07) is 16.4. The molecule has 1 heterocycles. The second-order valence-electron chi connectivity index (χ2n) is 7.02. The highest BCUT2D eigenvalue weighted by molar-refractivity contribution is 5.98. The van der Waals surface area contributed by atoms with Crippen LogP contribution in [0.1, 0.15) is 15.9 Å². The zero-order chi connectivity index (χ0) is 23.4. The molecule has 0 saturated carbocycles. The van der Waals surface area contributed by atoms with Crippen LogP contribution >= 0.6 is 0 Å². The molecule has 0 radical (unpaired) electrons. The first-order valence-corrected chi connectivity index (χ1v) is 9.79. The van der Waals surface area contributed by atoms with Crippen molar-refractivity contribution in [3.05, 3.63) is 81.9 Å². The van der Waals surface area contributed by atoms with Gasteiger partial charge in [-0.3, -0.25) is 14.9 Å². The van der Waals surface area contributed by atoms with Gasteiger partial charge in [-0.25, -0.2) is 4.79 Å². The van der Waals surface area contributed by atoms with Crippen LogP contribution in [0, 0.1) is 17.0 Å². The standard InChI is InChI=1S/C23H18N2O8/c1-14-6-8-15(9-7-14)33-19-5-3-2-4-17(19)24-22(26)12-30-23(27)16-10-20-21(32-13-31-20)11-18(16)25(28)29/h2-11H,12-13H2,1H3,(H,24,26). The van der Waals surface area contributed by atoms with E-state index in [0.29, 0.717) is 17.2 Å². The first-order valence-electron chi connectivity index (χ1n) is 9.79. The molecule has 10 nitrogen and oxygen atoms in total. The molecule has 1 aliphatic rings. The van der Waals surface area contributed by atoms with Gasteiger partial charge in [0.05, 0.1) is 16.7 Å². The van der Waals surface area contributed by atoms with Gasteiger partial charge in [0.1, 0.15) is 11.3 Å². The predicted octanol–water partition coefficient (Wildman–Crippen LogP) is 4.22. The lowest BCUT2D eigenvalue weighted by Gasteiger charge is -2.12. The van der Waals surface area contributed by atoms with Crippen molar-refractivity contribution in [2.45, 2.75) is 6.92 Å². The van der Waals surface area contributed by atoms with Crippen LogP contribution < -0.4 is 19.5 Å². The zero-order valence-corrected chi connectivity index (χ0v) is 17.4. The van der Waals surface area contributed by atoms with Crippen molar-refractivity contribution in [2.75, 3.05) is 18.7 Å². The van der Waals surface area contributed by atoms with Crippen molar-refractivity contribution in [2.24, 2.45) is 0 Å². The SMILES string of the molecule is Cc1ccc(Oc2ccccc2NC(=O)COC(=O)c2cc3c(cc2[N+](=O)[O-])OCO3)cc1. The van der Waals surface area contributed by atoms with Gasteiger partial charge in [0, 0.05) is 6.07 Å². The second kappa shape index (κ2) is 9.27. The summed E-state index contributed by atoms with van der Waals surface area (Å²) in [5, 5.41) is 13.9. The Morgan fingerprint density at radius 2 is 1.76 bits per heavy atom. The Morgan fingerprint density at radius 1 is 1.06 bits per heavy atom. The van der Waals surface area contributed by atoms with Crippen LogP contribution in [0.3, 0.4) is 0 Å². The third kappa shape index (κ3) is 5.01. The van der Waals surface area contributed by atoms with Crippen LogP contribution in [0.2, 0.25) is 0 Å². The molecule has 0 aliphatic carbocycles. The summed E-state index contributed by atoms with van der Waals surface area (Å²) in [4.78, 5) is 35.4. The lowest BCUT2D eigenvalue weighted by molar-refractivity contribution is -0.385. The van der Waals surface area contributed by atoms with Gasteiger partial charge in [0.2, 0.25) is 6.79 Å². The van der Waals surface area contributed by atoms with Gasteiger partial charge in [-0.15, -0.1) is 0 Å². The summed E-state index contributed by atoms with van der Waals surface area (Å²) in [7, 11) is 0. The van der Waals surface area contributed by atoms with E-state index in [4.69, 9.17) is 18.9 Å². The van der Waals surface area contributed by atoms with Crippen LogP contribution in [0.15, 0.2) is 60.7 Å². The molecule has 0 fully saturated rings. The minimum atomic E-state index is -1.04. The number of aryl methyl sites for hydroxylation is 1. The average Bonchev–Trinajstić information content (AvgIpc) is 3.27. The molecule has 10 heteroatoms. The molecule has 1 N–H and O–H groups in total. The van der Waals surface area contributed by atoms with Gasteiger partial charge in [-0.1, -0.05) is 29.8 Å². The van der Waals surface area contributed by atoms with Gasteiger partial charge < -0.3 is 24.3 Å². The lowest BCUT2D eigenvalue weighted by atomic mass is 10.1.